The van der Waals surface area contributed by atoms with Crippen molar-refractivity contribution in [3.8, 4) is 0 Å². The van der Waals surface area contributed by atoms with Gasteiger partial charge in [0.25, 0.3) is 0 Å². The van der Waals surface area contributed by atoms with Gasteiger partial charge in [-0.3, -0.25) is 5.32 Å². The fraction of sp³-hybridized carbons (Fsp3) is 0.923. The molecule has 4 nitrogen and oxygen atoms in total. The van der Waals surface area contributed by atoms with Crippen LogP contribution in [0.3, 0.4) is 0 Å². The summed E-state index contributed by atoms with van der Waals surface area (Å²) in [5, 5.41) is 3.10. The van der Waals surface area contributed by atoms with Crippen molar-refractivity contribution in [1.82, 2.24) is 5.32 Å². The van der Waals surface area contributed by atoms with Crippen LogP contribution in [0.2, 0.25) is 0 Å². The van der Waals surface area contributed by atoms with Crippen LogP contribution in [0.25, 0.3) is 0 Å². The normalized spacial score (nSPS) is 21.2. The molecule has 2 unspecified atom stereocenters. The van der Waals surface area contributed by atoms with Crippen molar-refractivity contribution in [2.75, 3.05) is 6.54 Å². The van der Waals surface area contributed by atoms with Crippen molar-refractivity contribution >= 4 is 6.16 Å². The molecule has 1 saturated heterocycles. The van der Waals surface area contributed by atoms with Crippen LogP contribution in [0, 0.1) is 0 Å². The Morgan fingerprint density at radius 3 is 2.88 bits per heavy atom. The lowest BCUT2D eigenvalue weighted by Crippen LogP contribution is -2.29. The number of carbonyl (C=O) groups is 1. The number of hydrogen-bond acceptors (Lipinski definition) is 4. The lowest BCUT2D eigenvalue weighted by atomic mass is 10.1. The smallest absolute Gasteiger partial charge is 0.431 e. The highest BCUT2D eigenvalue weighted by Gasteiger charge is 2.20. The first kappa shape index (κ1) is 14.3. The van der Waals surface area contributed by atoms with Gasteiger partial charge in [-0.2, -0.15) is 0 Å². The first-order valence-corrected chi connectivity index (χ1v) is 6.83. The van der Waals surface area contributed by atoms with Crippen molar-refractivity contribution < 1.29 is 14.3 Å². The summed E-state index contributed by atoms with van der Waals surface area (Å²) in [5.41, 5.74) is 0. The lowest BCUT2D eigenvalue weighted by molar-refractivity contribution is -0.00329. The molecule has 0 aromatic carbocycles. The van der Waals surface area contributed by atoms with Gasteiger partial charge in [-0.05, 0) is 39.2 Å². The molecule has 0 aromatic heterocycles. The SMILES string of the molecule is CCCCCCC(C)OC(=O)OC1CCCN1. The molecule has 0 spiro atoms. The van der Waals surface area contributed by atoms with E-state index < -0.39 is 6.16 Å². The number of nitrogens with one attached hydrogen (secondary N) is 1. The summed E-state index contributed by atoms with van der Waals surface area (Å²) in [6.45, 7) is 5.03. The Morgan fingerprint density at radius 2 is 2.24 bits per heavy atom. The second kappa shape index (κ2) is 8.34. The number of carbonyl (C=O) groups excluding carboxylic acids is 1. The van der Waals surface area contributed by atoms with E-state index in [0.29, 0.717) is 0 Å². The zero-order chi connectivity index (χ0) is 12.5. The van der Waals surface area contributed by atoms with Crippen molar-refractivity contribution in [3.63, 3.8) is 0 Å². The predicted octanol–water partition coefficient (Wildman–Crippen LogP) is 3.21. The van der Waals surface area contributed by atoms with Crippen molar-refractivity contribution in [1.29, 1.82) is 0 Å². The molecule has 4 heteroatoms. The highest BCUT2D eigenvalue weighted by Crippen LogP contribution is 2.11. The van der Waals surface area contributed by atoms with Gasteiger partial charge in [-0.25, -0.2) is 4.79 Å². The summed E-state index contributed by atoms with van der Waals surface area (Å²) in [7, 11) is 0. The molecule has 1 aliphatic rings. The fourth-order valence-corrected chi connectivity index (χ4v) is 1.98. The highest BCUT2D eigenvalue weighted by atomic mass is 16.7. The Labute approximate surface area is 104 Å². The van der Waals surface area contributed by atoms with Crippen LogP contribution < -0.4 is 5.32 Å². The second-order valence-electron chi connectivity index (χ2n) is 4.73. The molecule has 0 amide bonds. The molecule has 1 N–H and O–H groups in total. The molecule has 1 rings (SSSR count). The summed E-state index contributed by atoms with van der Waals surface area (Å²) in [6.07, 6.45) is 6.96. The molecule has 17 heavy (non-hydrogen) atoms. The Kier molecular flexibility index (Phi) is 7.01. The lowest BCUT2D eigenvalue weighted by Gasteiger charge is -2.16. The minimum atomic E-state index is -0.535. The van der Waals surface area contributed by atoms with Gasteiger partial charge in [-0.15, -0.1) is 0 Å². The predicted molar refractivity (Wildman–Crippen MR) is 66.8 cm³/mol. The van der Waals surface area contributed by atoms with E-state index in [0.717, 1.165) is 32.2 Å². The van der Waals surface area contributed by atoms with E-state index in [1.807, 2.05) is 6.92 Å². The van der Waals surface area contributed by atoms with Gasteiger partial charge in [0.1, 0.15) is 6.10 Å². The van der Waals surface area contributed by atoms with Crippen molar-refractivity contribution in [3.05, 3.63) is 0 Å². The van der Waals surface area contributed by atoms with Gasteiger partial charge >= 0.3 is 6.16 Å². The molecule has 0 radical (unpaired) electrons. The molecule has 100 valence electrons. The van der Waals surface area contributed by atoms with Gasteiger partial charge in [-0.1, -0.05) is 26.2 Å². The maximum absolute atomic E-state index is 11.4. The Balaban J connectivity index is 2.03. The third-order valence-electron chi connectivity index (χ3n) is 3.02. The molecule has 0 bridgehead atoms. The quantitative estimate of drug-likeness (QED) is 0.551. The molecule has 1 fully saturated rings. The largest absolute Gasteiger partial charge is 0.510 e. The summed E-state index contributed by atoms with van der Waals surface area (Å²) < 4.78 is 10.3. The van der Waals surface area contributed by atoms with Crippen LogP contribution in [0.5, 0.6) is 0 Å². The van der Waals surface area contributed by atoms with E-state index >= 15 is 0 Å². The van der Waals surface area contributed by atoms with Crippen LogP contribution in [-0.4, -0.2) is 25.0 Å². The average molecular weight is 243 g/mol. The highest BCUT2D eigenvalue weighted by molar-refractivity contribution is 5.60. The topological polar surface area (TPSA) is 47.6 Å². The Bertz CT molecular complexity index is 215. The summed E-state index contributed by atoms with van der Waals surface area (Å²) >= 11 is 0. The maximum Gasteiger partial charge on any atom is 0.510 e. The molecular formula is C13H25NO3. The first-order valence-electron chi connectivity index (χ1n) is 6.83. The van der Waals surface area contributed by atoms with Crippen LogP contribution in [-0.2, 0) is 9.47 Å². The van der Waals surface area contributed by atoms with E-state index in [9.17, 15) is 4.79 Å². The van der Waals surface area contributed by atoms with Crippen LogP contribution >= 0.6 is 0 Å². The van der Waals surface area contributed by atoms with Crippen LogP contribution in [0.15, 0.2) is 0 Å². The van der Waals surface area contributed by atoms with Gasteiger partial charge in [0.2, 0.25) is 0 Å². The monoisotopic (exact) mass is 243 g/mol. The second-order valence-corrected chi connectivity index (χ2v) is 4.73. The van der Waals surface area contributed by atoms with Gasteiger partial charge in [0.15, 0.2) is 6.23 Å². The van der Waals surface area contributed by atoms with Crippen molar-refractivity contribution in [2.45, 2.75) is 71.1 Å². The number of hydrogen-bond donors (Lipinski definition) is 1. The average Bonchev–Trinajstić information content (AvgIpc) is 2.77. The Morgan fingerprint density at radius 1 is 1.41 bits per heavy atom. The van der Waals surface area contributed by atoms with Gasteiger partial charge in [0.05, 0.1) is 0 Å². The Hall–Kier alpha value is -0.770. The molecular weight excluding hydrogens is 218 g/mol. The molecule has 1 aliphatic heterocycles. The summed E-state index contributed by atoms with van der Waals surface area (Å²) in [5.74, 6) is 0. The van der Waals surface area contributed by atoms with Crippen molar-refractivity contribution in [2.24, 2.45) is 0 Å². The summed E-state index contributed by atoms with van der Waals surface area (Å²) in [4.78, 5) is 11.4. The molecule has 2 atom stereocenters. The maximum atomic E-state index is 11.4. The minimum Gasteiger partial charge on any atom is -0.431 e. The first-order chi connectivity index (χ1) is 8.22. The minimum absolute atomic E-state index is 0.0410. The van der Waals surface area contributed by atoms with E-state index in [4.69, 9.17) is 9.47 Å². The molecule has 0 aliphatic carbocycles. The third-order valence-corrected chi connectivity index (χ3v) is 3.02. The zero-order valence-corrected chi connectivity index (χ0v) is 11.0. The van der Waals surface area contributed by atoms with E-state index in [1.54, 1.807) is 0 Å². The standard InChI is InChI=1S/C13H25NO3/c1-3-4-5-6-8-11(2)16-13(15)17-12-9-7-10-14-12/h11-12,14H,3-10H2,1-2H3. The van der Waals surface area contributed by atoms with E-state index in [-0.39, 0.29) is 12.3 Å². The summed E-state index contributed by atoms with van der Waals surface area (Å²) in [6, 6.07) is 0. The molecule has 0 saturated carbocycles. The number of unbranched alkanes of at least 4 members (excludes halogenated alkanes) is 3. The number of rotatable bonds is 7. The molecule has 1 heterocycles. The van der Waals surface area contributed by atoms with Crippen LogP contribution in [0.4, 0.5) is 4.79 Å². The number of ether oxygens (including phenoxy) is 2. The third kappa shape index (κ3) is 6.51. The van der Waals surface area contributed by atoms with Gasteiger partial charge in [0, 0.05) is 0 Å². The van der Waals surface area contributed by atoms with E-state index in [2.05, 4.69) is 12.2 Å². The molecule has 0 aromatic rings. The fourth-order valence-electron chi connectivity index (χ4n) is 1.98. The zero-order valence-electron chi connectivity index (χ0n) is 11.0. The van der Waals surface area contributed by atoms with Gasteiger partial charge < -0.3 is 9.47 Å². The van der Waals surface area contributed by atoms with Crippen LogP contribution in [0.1, 0.15) is 58.8 Å². The van der Waals surface area contributed by atoms with E-state index in [1.165, 1.54) is 19.3 Å².